The molecule has 3 rings (SSSR count). The summed E-state index contributed by atoms with van der Waals surface area (Å²) in [4.78, 5) is 0. The minimum absolute atomic E-state index is 0.591. The van der Waals surface area contributed by atoms with Crippen molar-refractivity contribution < 1.29 is 4.74 Å². The second-order valence-corrected chi connectivity index (χ2v) is 6.36. The van der Waals surface area contributed by atoms with E-state index in [2.05, 4.69) is 25.7 Å². The van der Waals surface area contributed by atoms with Crippen LogP contribution in [-0.4, -0.2) is 37.0 Å². The molecule has 0 atom stereocenters. The van der Waals surface area contributed by atoms with E-state index >= 15 is 0 Å². The predicted octanol–water partition coefficient (Wildman–Crippen LogP) is 2.51. The number of aryl methyl sites for hydroxylation is 1. The van der Waals surface area contributed by atoms with Gasteiger partial charge in [-0.25, -0.2) is 0 Å². The van der Waals surface area contributed by atoms with Crippen LogP contribution in [0.2, 0.25) is 0 Å². The highest BCUT2D eigenvalue weighted by atomic mass is 32.2. The third-order valence-corrected chi connectivity index (χ3v) is 4.71. The quantitative estimate of drug-likeness (QED) is 0.641. The average molecular weight is 334 g/mol. The third-order valence-electron chi connectivity index (χ3n) is 2.76. The van der Waals surface area contributed by atoms with Crippen molar-refractivity contribution in [3.05, 3.63) is 34.8 Å². The van der Waals surface area contributed by atoms with Gasteiger partial charge in [0.25, 0.3) is 5.19 Å². The largest absolute Gasteiger partial charge is 0.469 e. The molecule has 0 aliphatic heterocycles. The molecular weight excluding hydrogens is 320 g/mol. The number of hydrogen-bond acceptors (Lipinski definition) is 8. The lowest BCUT2D eigenvalue weighted by Gasteiger charge is -2.03. The summed E-state index contributed by atoms with van der Waals surface area (Å²) in [7, 11) is 0. The first-order valence-corrected chi connectivity index (χ1v) is 8.50. The molecule has 0 saturated carbocycles. The summed E-state index contributed by atoms with van der Waals surface area (Å²) in [5.74, 6) is 0.650. The van der Waals surface area contributed by atoms with Crippen LogP contribution in [0, 0.1) is 6.92 Å². The Labute approximate surface area is 135 Å². The molecule has 0 amide bonds. The van der Waals surface area contributed by atoms with Crippen LogP contribution in [0.5, 0.6) is 5.19 Å². The highest BCUT2D eigenvalue weighted by molar-refractivity contribution is 7.98. The molecule has 0 saturated heterocycles. The Morgan fingerprint density at radius 2 is 2.00 bits per heavy atom. The van der Waals surface area contributed by atoms with Crippen LogP contribution >= 0.6 is 23.1 Å². The molecule has 0 spiro atoms. The Morgan fingerprint density at radius 3 is 2.77 bits per heavy atom. The van der Waals surface area contributed by atoms with Gasteiger partial charge in [0, 0.05) is 0 Å². The van der Waals surface area contributed by atoms with E-state index in [-0.39, 0.29) is 0 Å². The minimum Gasteiger partial charge on any atom is -0.469 e. The zero-order chi connectivity index (χ0) is 15.4. The fraction of sp³-hybridized carbons (Fsp3) is 0.308. The van der Waals surface area contributed by atoms with Crippen molar-refractivity contribution in [1.29, 1.82) is 0 Å². The van der Waals surface area contributed by atoms with Crippen LogP contribution in [0.4, 0.5) is 0 Å². The van der Waals surface area contributed by atoms with Crippen molar-refractivity contribution in [2.24, 2.45) is 0 Å². The van der Waals surface area contributed by atoms with Gasteiger partial charge in [0.05, 0.1) is 18.0 Å². The van der Waals surface area contributed by atoms with Gasteiger partial charge in [0.15, 0.2) is 0 Å². The number of rotatable bonds is 6. The van der Waals surface area contributed by atoms with E-state index in [0.717, 1.165) is 15.9 Å². The Balaban J connectivity index is 1.70. The molecule has 0 fully saturated rings. The second-order valence-electron chi connectivity index (χ2n) is 4.39. The first kappa shape index (κ1) is 14.9. The Kier molecular flexibility index (Phi) is 4.64. The summed E-state index contributed by atoms with van der Waals surface area (Å²) < 4.78 is 7.03. The molecule has 7 nitrogen and oxygen atoms in total. The van der Waals surface area contributed by atoms with E-state index in [1.807, 2.05) is 38.1 Å². The van der Waals surface area contributed by atoms with E-state index < -0.39 is 0 Å². The number of aromatic nitrogens is 6. The maximum atomic E-state index is 5.32. The van der Waals surface area contributed by atoms with Gasteiger partial charge in [-0.2, -0.15) is 4.68 Å². The fourth-order valence-electron chi connectivity index (χ4n) is 1.72. The molecule has 2 aromatic heterocycles. The average Bonchev–Trinajstić information content (AvgIpc) is 3.15. The third kappa shape index (κ3) is 3.42. The van der Waals surface area contributed by atoms with Gasteiger partial charge < -0.3 is 4.74 Å². The van der Waals surface area contributed by atoms with E-state index in [0.29, 0.717) is 17.6 Å². The van der Waals surface area contributed by atoms with Crippen LogP contribution in [0.15, 0.2) is 29.4 Å². The van der Waals surface area contributed by atoms with Gasteiger partial charge in [-0.3, -0.25) is 0 Å². The Bertz CT molecular complexity index is 739. The van der Waals surface area contributed by atoms with Crippen molar-refractivity contribution in [2.75, 3.05) is 6.61 Å². The number of hydrogen-bond donors (Lipinski definition) is 0. The summed E-state index contributed by atoms with van der Waals surface area (Å²) in [5.41, 5.74) is 2.13. The van der Waals surface area contributed by atoms with E-state index in [4.69, 9.17) is 4.74 Å². The van der Waals surface area contributed by atoms with Crippen LogP contribution in [0.1, 0.15) is 17.5 Å². The predicted molar refractivity (Wildman–Crippen MR) is 84.5 cm³/mol. The van der Waals surface area contributed by atoms with Gasteiger partial charge in [-0.05, 0) is 36.4 Å². The monoisotopic (exact) mass is 334 g/mol. The van der Waals surface area contributed by atoms with Crippen molar-refractivity contribution >= 4 is 23.1 Å². The normalized spacial score (nSPS) is 10.8. The molecular formula is C13H14N6OS2. The van der Waals surface area contributed by atoms with Crippen LogP contribution in [-0.2, 0) is 5.75 Å². The summed E-state index contributed by atoms with van der Waals surface area (Å²) in [5, 5.41) is 22.1. The van der Waals surface area contributed by atoms with Crippen molar-refractivity contribution in [3.8, 4) is 10.9 Å². The zero-order valence-electron chi connectivity index (χ0n) is 12.1. The second kappa shape index (κ2) is 6.84. The smallest absolute Gasteiger partial charge is 0.294 e. The lowest BCUT2D eigenvalue weighted by atomic mass is 10.2. The molecule has 0 N–H and O–H groups in total. The van der Waals surface area contributed by atoms with Gasteiger partial charge in [-0.1, -0.05) is 40.8 Å². The maximum Gasteiger partial charge on any atom is 0.294 e. The maximum absolute atomic E-state index is 5.32. The molecule has 0 unspecified atom stereocenters. The summed E-state index contributed by atoms with van der Waals surface area (Å²) in [6.45, 7) is 4.56. The molecule has 0 radical (unpaired) electrons. The SMILES string of the molecule is CCOc1nnc(CSc2nnnn2-c2ccc(C)cc2)s1. The van der Waals surface area contributed by atoms with Gasteiger partial charge in [-0.15, -0.1) is 15.3 Å². The van der Waals surface area contributed by atoms with Crippen molar-refractivity contribution in [3.63, 3.8) is 0 Å². The summed E-state index contributed by atoms with van der Waals surface area (Å²) in [6.07, 6.45) is 0. The molecule has 3 aromatic rings. The summed E-state index contributed by atoms with van der Waals surface area (Å²) >= 11 is 2.96. The molecule has 0 aliphatic rings. The molecule has 9 heteroatoms. The van der Waals surface area contributed by atoms with Crippen LogP contribution in [0.25, 0.3) is 5.69 Å². The van der Waals surface area contributed by atoms with Gasteiger partial charge >= 0.3 is 0 Å². The topological polar surface area (TPSA) is 78.6 Å². The van der Waals surface area contributed by atoms with E-state index in [9.17, 15) is 0 Å². The van der Waals surface area contributed by atoms with E-state index in [1.54, 1.807) is 4.68 Å². The lowest BCUT2D eigenvalue weighted by molar-refractivity contribution is 0.335. The molecule has 1 aromatic carbocycles. The summed E-state index contributed by atoms with van der Waals surface area (Å²) in [6, 6.07) is 8.05. The van der Waals surface area contributed by atoms with Crippen molar-refractivity contribution in [1.82, 2.24) is 30.4 Å². The molecule has 0 bridgehead atoms. The minimum atomic E-state index is 0.591. The number of tetrazole rings is 1. The lowest BCUT2D eigenvalue weighted by Crippen LogP contribution is -1.99. The molecule has 2 heterocycles. The first-order valence-electron chi connectivity index (χ1n) is 6.69. The fourth-order valence-corrected chi connectivity index (χ4v) is 3.34. The number of benzene rings is 1. The van der Waals surface area contributed by atoms with Crippen LogP contribution in [0.3, 0.4) is 0 Å². The van der Waals surface area contributed by atoms with Crippen molar-refractivity contribution in [2.45, 2.75) is 24.8 Å². The highest BCUT2D eigenvalue weighted by Gasteiger charge is 2.11. The van der Waals surface area contributed by atoms with Gasteiger partial charge in [0.2, 0.25) is 5.16 Å². The Morgan fingerprint density at radius 1 is 1.18 bits per heavy atom. The first-order chi connectivity index (χ1) is 10.8. The Hall–Kier alpha value is -2.00. The number of ether oxygens (including phenoxy) is 1. The number of thioether (sulfide) groups is 1. The standard InChI is InChI=1S/C13H14N6OS2/c1-3-20-13-16-14-11(22-13)8-21-12-15-17-18-19(12)10-6-4-9(2)5-7-10/h4-7H,3,8H2,1-2H3. The highest BCUT2D eigenvalue weighted by Crippen LogP contribution is 2.26. The zero-order valence-corrected chi connectivity index (χ0v) is 13.8. The van der Waals surface area contributed by atoms with Crippen LogP contribution < -0.4 is 4.74 Å². The molecule has 22 heavy (non-hydrogen) atoms. The molecule has 114 valence electrons. The van der Waals surface area contributed by atoms with Gasteiger partial charge in [0.1, 0.15) is 5.01 Å². The van der Waals surface area contributed by atoms with E-state index in [1.165, 1.54) is 28.7 Å². The number of nitrogens with zero attached hydrogens (tertiary/aromatic N) is 6. The molecule has 0 aliphatic carbocycles.